The molecule has 0 unspecified atom stereocenters. The van der Waals surface area contributed by atoms with Gasteiger partial charge in [0.25, 0.3) is 0 Å². The Morgan fingerprint density at radius 3 is 2.49 bits per heavy atom. The molecule has 7 nitrogen and oxygen atoms in total. The fourth-order valence-electron chi connectivity index (χ4n) is 3.68. The number of anilines is 1. The first-order valence-electron chi connectivity index (χ1n) is 10.8. The predicted molar refractivity (Wildman–Crippen MR) is 144 cm³/mol. The molecule has 1 aliphatic heterocycles. The fraction of sp³-hybridized carbons (Fsp3) is 0.148. The molecule has 3 aromatic rings. The van der Waals surface area contributed by atoms with Crippen LogP contribution in [0.4, 0.5) is 5.69 Å². The van der Waals surface area contributed by atoms with Crippen LogP contribution < -0.4 is 20.2 Å². The standard InChI is InChI=1S/C27H22IN5O2/c1-34-25-14-19(9-12-24(25)35-17-18-7-10-21(28)11-8-18)13-20(15-29)26-23(16-30)27(31)33(32-26)22-5-3-2-4-6-22/h2-14,23,27H,17,31H2,1H3/b20-13-/t23-,27-/m1/s1. The molecule has 0 bridgehead atoms. The molecule has 3 aromatic carbocycles. The van der Waals surface area contributed by atoms with Gasteiger partial charge in [0.2, 0.25) is 0 Å². The van der Waals surface area contributed by atoms with Crippen LogP contribution in [0.15, 0.2) is 83.5 Å². The first-order valence-corrected chi connectivity index (χ1v) is 11.9. The van der Waals surface area contributed by atoms with Gasteiger partial charge in [-0.15, -0.1) is 0 Å². The van der Waals surface area contributed by atoms with E-state index in [4.69, 9.17) is 15.2 Å². The Morgan fingerprint density at radius 2 is 1.83 bits per heavy atom. The SMILES string of the molecule is COc1cc(/C=C(/C#N)C2=NN(c3ccccc3)[C@@H](N)[C@@H]2C#N)ccc1OCc1ccc(I)cc1. The summed E-state index contributed by atoms with van der Waals surface area (Å²) in [7, 11) is 1.56. The molecule has 0 fully saturated rings. The van der Waals surface area contributed by atoms with Crippen LogP contribution in [0.25, 0.3) is 6.08 Å². The lowest BCUT2D eigenvalue weighted by Gasteiger charge is -2.21. The molecule has 0 radical (unpaired) electrons. The summed E-state index contributed by atoms with van der Waals surface area (Å²) in [5.74, 6) is 0.376. The van der Waals surface area contributed by atoms with Crippen LogP contribution in [0.1, 0.15) is 11.1 Å². The number of methoxy groups -OCH3 is 1. The molecule has 4 rings (SSSR count). The molecule has 0 saturated heterocycles. The van der Waals surface area contributed by atoms with Gasteiger partial charge in [0.1, 0.15) is 24.8 Å². The van der Waals surface area contributed by atoms with Gasteiger partial charge < -0.3 is 15.2 Å². The summed E-state index contributed by atoms with van der Waals surface area (Å²) < 4.78 is 12.6. The number of halogens is 1. The number of para-hydroxylation sites is 1. The van der Waals surface area contributed by atoms with E-state index in [0.717, 1.165) is 14.8 Å². The normalized spacial score (nSPS) is 17.3. The van der Waals surface area contributed by atoms with Crippen LogP contribution in [-0.2, 0) is 6.61 Å². The van der Waals surface area contributed by atoms with Crippen LogP contribution in [0, 0.1) is 32.2 Å². The first kappa shape index (κ1) is 24.3. The van der Waals surface area contributed by atoms with Crippen molar-refractivity contribution in [2.24, 2.45) is 16.8 Å². The van der Waals surface area contributed by atoms with Crippen molar-refractivity contribution in [3.63, 3.8) is 0 Å². The minimum Gasteiger partial charge on any atom is -0.493 e. The maximum Gasteiger partial charge on any atom is 0.161 e. The van der Waals surface area contributed by atoms with Crippen molar-refractivity contribution >= 4 is 40.1 Å². The number of nitrogens with two attached hydrogens (primary N) is 1. The van der Waals surface area contributed by atoms with Gasteiger partial charge in [0.15, 0.2) is 11.5 Å². The van der Waals surface area contributed by atoms with Crippen LogP contribution in [0.3, 0.4) is 0 Å². The number of benzene rings is 3. The van der Waals surface area contributed by atoms with Gasteiger partial charge in [-0.3, -0.25) is 0 Å². The maximum atomic E-state index is 9.89. The van der Waals surface area contributed by atoms with Crippen molar-refractivity contribution in [2.45, 2.75) is 12.8 Å². The molecule has 0 saturated carbocycles. The van der Waals surface area contributed by atoms with E-state index in [1.54, 1.807) is 30.3 Å². The number of rotatable bonds is 7. The lowest BCUT2D eigenvalue weighted by Crippen LogP contribution is -2.40. The molecule has 2 atom stereocenters. The van der Waals surface area contributed by atoms with E-state index >= 15 is 0 Å². The number of ether oxygens (including phenoxy) is 2. The van der Waals surface area contributed by atoms with Crippen LogP contribution >= 0.6 is 22.6 Å². The summed E-state index contributed by atoms with van der Waals surface area (Å²) in [5, 5.41) is 25.8. The molecule has 35 heavy (non-hydrogen) atoms. The van der Waals surface area contributed by atoms with E-state index in [0.29, 0.717) is 29.4 Å². The zero-order valence-electron chi connectivity index (χ0n) is 18.9. The predicted octanol–water partition coefficient (Wildman–Crippen LogP) is 5.09. The lowest BCUT2D eigenvalue weighted by atomic mass is 9.95. The number of nitrogens with zero attached hydrogens (tertiary/aromatic N) is 4. The Bertz CT molecular complexity index is 1340. The number of allylic oxidation sites excluding steroid dienone is 1. The molecule has 0 aromatic heterocycles. The summed E-state index contributed by atoms with van der Waals surface area (Å²) in [6.45, 7) is 0.403. The summed E-state index contributed by atoms with van der Waals surface area (Å²) in [5.41, 5.74) is 9.43. The average Bonchev–Trinajstić information content (AvgIpc) is 3.23. The molecule has 174 valence electrons. The zero-order valence-corrected chi connectivity index (χ0v) is 21.1. The lowest BCUT2D eigenvalue weighted by molar-refractivity contribution is 0.284. The van der Waals surface area contributed by atoms with E-state index in [9.17, 15) is 10.5 Å². The number of hydrogen-bond acceptors (Lipinski definition) is 7. The maximum absolute atomic E-state index is 9.89. The zero-order chi connectivity index (χ0) is 24.8. The van der Waals surface area contributed by atoms with E-state index in [-0.39, 0.29) is 5.57 Å². The highest BCUT2D eigenvalue weighted by Crippen LogP contribution is 2.32. The highest BCUT2D eigenvalue weighted by molar-refractivity contribution is 14.1. The Balaban J connectivity index is 1.60. The highest BCUT2D eigenvalue weighted by Gasteiger charge is 2.37. The van der Waals surface area contributed by atoms with E-state index in [2.05, 4.69) is 39.8 Å². The van der Waals surface area contributed by atoms with Gasteiger partial charge in [0, 0.05) is 3.57 Å². The molecule has 1 heterocycles. The molecular formula is C27H22IN5O2. The van der Waals surface area contributed by atoms with Crippen molar-refractivity contribution in [3.05, 3.63) is 93.1 Å². The number of hydrazone groups is 1. The number of hydrogen-bond donors (Lipinski definition) is 1. The monoisotopic (exact) mass is 575 g/mol. The Hall–Kier alpha value is -3.86. The van der Waals surface area contributed by atoms with Gasteiger partial charge in [0.05, 0.1) is 30.2 Å². The topological polar surface area (TPSA) is 108 Å². The van der Waals surface area contributed by atoms with Crippen LogP contribution in [0.5, 0.6) is 11.5 Å². The van der Waals surface area contributed by atoms with E-state index in [1.807, 2.05) is 60.7 Å². The van der Waals surface area contributed by atoms with Crippen molar-refractivity contribution in [3.8, 4) is 23.6 Å². The van der Waals surface area contributed by atoms with Gasteiger partial charge in [-0.1, -0.05) is 36.4 Å². The minimum atomic E-state index is -0.750. The summed E-state index contributed by atoms with van der Waals surface area (Å²) in [4.78, 5) is 0. The molecule has 1 aliphatic rings. The third-order valence-corrected chi connectivity index (χ3v) is 6.22. The largest absolute Gasteiger partial charge is 0.493 e. The summed E-state index contributed by atoms with van der Waals surface area (Å²) >= 11 is 2.26. The van der Waals surface area contributed by atoms with Crippen molar-refractivity contribution in [2.75, 3.05) is 12.1 Å². The van der Waals surface area contributed by atoms with Gasteiger partial charge in [-0.05, 0) is 76.2 Å². The Morgan fingerprint density at radius 1 is 1.09 bits per heavy atom. The first-order chi connectivity index (χ1) is 17.0. The van der Waals surface area contributed by atoms with Crippen molar-refractivity contribution in [1.29, 1.82) is 10.5 Å². The third kappa shape index (κ3) is 5.46. The minimum absolute atomic E-state index is 0.264. The quantitative estimate of drug-likeness (QED) is 0.311. The molecule has 0 spiro atoms. The second-order valence-electron chi connectivity index (χ2n) is 7.76. The molecule has 2 N–H and O–H groups in total. The Kier molecular flexibility index (Phi) is 7.66. The summed E-state index contributed by atoms with van der Waals surface area (Å²) in [6, 6.07) is 27.2. The second-order valence-corrected chi connectivity index (χ2v) is 9.00. The molecular weight excluding hydrogens is 553 g/mol. The third-order valence-electron chi connectivity index (χ3n) is 5.50. The van der Waals surface area contributed by atoms with E-state index < -0.39 is 12.1 Å². The highest BCUT2D eigenvalue weighted by atomic mass is 127. The Labute approximate surface area is 217 Å². The molecule has 8 heteroatoms. The summed E-state index contributed by atoms with van der Waals surface area (Å²) in [6.07, 6.45) is 0.983. The smallest absolute Gasteiger partial charge is 0.161 e. The van der Waals surface area contributed by atoms with Crippen LogP contribution in [-0.4, -0.2) is 19.0 Å². The van der Waals surface area contributed by atoms with Crippen LogP contribution in [0.2, 0.25) is 0 Å². The number of nitriles is 2. The van der Waals surface area contributed by atoms with E-state index in [1.165, 1.54) is 0 Å². The second kappa shape index (κ2) is 11.0. The van der Waals surface area contributed by atoms with Crippen molar-refractivity contribution < 1.29 is 9.47 Å². The van der Waals surface area contributed by atoms with Gasteiger partial charge in [-0.25, -0.2) is 5.01 Å². The van der Waals surface area contributed by atoms with Gasteiger partial charge in [-0.2, -0.15) is 15.6 Å². The van der Waals surface area contributed by atoms with Crippen molar-refractivity contribution in [1.82, 2.24) is 0 Å². The van der Waals surface area contributed by atoms with Gasteiger partial charge >= 0.3 is 0 Å². The fourth-order valence-corrected chi connectivity index (χ4v) is 4.04. The molecule has 0 amide bonds. The average molecular weight is 575 g/mol. The molecule has 0 aliphatic carbocycles.